The van der Waals surface area contributed by atoms with Gasteiger partial charge in [0.15, 0.2) is 5.82 Å². The quantitative estimate of drug-likeness (QED) is 0.342. The van der Waals surface area contributed by atoms with Gasteiger partial charge in [-0.2, -0.15) is 0 Å². The van der Waals surface area contributed by atoms with Crippen molar-refractivity contribution in [2.45, 2.75) is 44.4 Å². The molecule has 3 aliphatic rings. The summed E-state index contributed by atoms with van der Waals surface area (Å²) >= 11 is 2.28. The SMILES string of the molecule is COc1ccc2cc(NC(=O)c3ccc(I)cc3N3CCC4(CC3)CC4)nc(N3CCC(F)(F)CC3)c2n1. The van der Waals surface area contributed by atoms with Crippen LogP contribution in [0, 0.1) is 8.99 Å². The van der Waals surface area contributed by atoms with Gasteiger partial charge in [0, 0.05) is 54.0 Å². The van der Waals surface area contributed by atoms with Crippen LogP contribution in [0.4, 0.5) is 26.1 Å². The van der Waals surface area contributed by atoms with Crippen molar-refractivity contribution in [1.29, 1.82) is 0 Å². The molecule has 3 fully saturated rings. The van der Waals surface area contributed by atoms with Gasteiger partial charge in [-0.25, -0.2) is 18.7 Å². The molecule has 1 saturated carbocycles. The number of halogens is 3. The van der Waals surface area contributed by atoms with Crippen LogP contribution in [0.25, 0.3) is 10.9 Å². The number of carbonyl (C=O) groups is 1. The number of anilines is 3. The highest BCUT2D eigenvalue weighted by Gasteiger charge is 2.44. The molecule has 2 aromatic heterocycles. The van der Waals surface area contributed by atoms with Gasteiger partial charge in [-0.3, -0.25) is 4.79 Å². The average molecular weight is 633 g/mol. The number of carbonyl (C=O) groups excluding carboxylic acids is 1. The molecule has 1 aromatic carbocycles. The van der Waals surface area contributed by atoms with Gasteiger partial charge in [0.25, 0.3) is 11.8 Å². The summed E-state index contributed by atoms with van der Waals surface area (Å²) in [5, 5.41) is 3.74. The number of ether oxygens (including phenoxy) is 1. The molecule has 1 N–H and O–H groups in total. The van der Waals surface area contributed by atoms with E-state index in [1.807, 2.05) is 23.1 Å². The number of hydrogen-bond acceptors (Lipinski definition) is 6. The Balaban J connectivity index is 1.31. The monoisotopic (exact) mass is 633 g/mol. The molecule has 0 radical (unpaired) electrons. The van der Waals surface area contributed by atoms with Gasteiger partial charge < -0.3 is 19.9 Å². The highest BCUT2D eigenvalue weighted by molar-refractivity contribution is 14.1. The van der Waals surface area contributed by atoms with Crippen LogP contribution in [0.1, 0.15) is 48.9 Å². The lowest BCUT2D eigenvalue weighted by atomic mass is 9.93. The molecule has 7 nitrogen and oxygen atoms in total. The third-order valence-electron chi connectivity index (χ3n) is 8.20. The van der Waals surface area contributed by atoms with Crippen LogP contribution in [0.2, 0.25) is 0 Å². The van der Waals surface area contributed by atoms with E-state index in [1.54, 1.807) is 12.1 Å². The minimum Gasteiger partial charge on any atom is -0.481 e. The molecule has 0 bridgehead atoms. The Morgan fingerprint density at radius 3 is 2.34 bits per heavy atom. The smallest absolute Gasteiger partial charge is 0.258 e. The number of fused-ring (bicyclic) bond motifs is 1. The van der Waals surface area contributed by atoms with E-state index in [1.165, 1.54) is 32.8 Å². The fraction of sp³-hybridized carbons (Fsp3) is 0.464. The first-order valence-electron chi connectivity index (χ1n) is 13.1. The van der Waals surface area contributed by atoms with Crippen LogP contribution in [0.5, 0.6) is 5.88 Å². The van der Waals surface area contributed by atoms with E-state index in [4.69, 9.17) is 9.72 Å². The van der Waals surface area contributed by atoms with Gasteiger partial charge in [0.2, 0.25) is 5.88 Å². The Hall–Kier alpha value is -2.76. The standard InChI is InChI=1S/C28H30F2IN5O2/c1-38-23-5-2-18-16-22(32-25(24(18)34-23)36-14-10-28(29,30)11-15-36)33-26(37)20-4-3-19(31)17-21(20)35-12-8-27(6-7-27)9-13-35/h2-5,16-17H,6-15H2,1H3,(H,32,33,37). The second-order valence-electron chi connectivity index (χ2n) is 10.7. The minimum atomic E-state index is -2.68. The van der Waals surface area contributed by atoms with E-state index in [2.05, 4.69) is 43.9 Å². The average Bonchev–Trinajstić information content (AvgIpc) is 3.67. The maximum Gasteiger partial charge on any atom is 0.258 e. The number of piperidine rings is 2. The summed E-state index contributed by atoms with van der Waals surface area (Å²) in [6.45, 7) is 2.21. The van der Waals surface area contributed by atoms with E-state index in [0.717, 1.165) is 27.7 Å². The number of nitrogens with one attached hydrogen (secondary N) is 1. The van der Waals surface area contributed by atoms with E-state index in [0.29, 0.717) is 34.0 Å². The van der Waals surface area contributed by atoms with Crippen molar-refractivity contribution in [3.8, 4) is 5.88 Å². The Labute approximate surface area is 234 Å². The maximum absolute atomic E-state index is 13.9. The summed E-state index contributed by atoms with van der Waals surface area (Å²) in [6, 6.07) is 11.2. The van der Waals surface area contributed by atoms with E-state index in [9.17, 15) is 13.6 Å². The van der Waals surface area contributed by atoms with Crippen molar-refractivity contribution in [3.63, 3.8) is 0 Å². The van der Waals surface area contributed by atoms with E-state index >= 15 is 0 Å². The molecule has 38 heavy (non-hydrogen) atoms. The summed E-state index contributed by atoms with van der Waals surface area (Å²) in [7, 11) is 1.53. The van der Waals surface area contributed by atoms with Gasteiger partial charge in [-0.1, -0.05) is 0 Å². The molecule has 1 spiro atoms. The molecular formula is C28H30F2IN5O2. The van der Waals surface area contributed by atoms with Crippen molar-refractivity contribution in [1.82, 2.24) is 9.97 Å². The van der Waals surface area contributed by atoms with Gasteiger partial charge in [0.1, 0.15) is 11.3 Å². The highest BCUT2D eigenvalue weighted by Crippen LogP contribution is 2.54. The lowest BCUT2D eigenvalue weighted by molar-refractivity contribution is -0.0221. The number of aromatic nitrogens is 2. The van der Waals surface area contributed by atoms with Gasteiger partial charge in [-0.15, -0.1) is 0 Å². The Morgan fingerprint density at radius 2 is 1.66 bits per heavy atom. The molecule has 4 heterocycles. The number of hydrogen-bond donors (Lipinski definition) is 1. The largest absolute Gasteiger partial charge is 0.481 e. The Kier molecular flexibility index (Phi) is 6.56. The number of rotatable bonds is 5. The predicted octanol–water partition coefficient (Wildman–Crippen LogP) is 6.11. The molecule has 2 saturated heterocycles. The summed E-state index contributed by atoms with van der Waals surface area (Å²) < 4.78 is 34.1. The second-order valence-corrected chi connectivity index (χ2v) is 11.9. The lowest BCUT2D eigenvalue weighted by Gasteiger charge is -2.35. The molecule has 1 aliphatic carbocycles. The number of benzene rings is 1. The summed E-state index contributed by atoms with van der Waals surface area (Å²) in [6.07, 6.45) is 4.48. The van der Waals surface area contributed by atoms with Crippen molar-refractivity contribution >= 4 is 56.7 Å². The Bertz CT molecular complexity index is 1380. The summed E-state index contributed by atoms with van der Waals surface area (Å²) in [5.41, 5.74) is 2.65. The normalized spacial score (nSPS) is 20.0. The fourth-order valence-electron chi connectivity index (χ4n) is 5.58. The van der Waals surface area contributed by atoms with E-state index in [-0.39, 0.29) is 31.8 Å². The zero-order chi connectivity index (χ0) is 26.5. The maximum atomic E-state index is 13.9. The first-order chi connectivity index (χ1) is 18.2. The molecule has 2 aliphatic heterocycles. The lowest BCUT2D eigenvalue weighted by Crippen LogP contribution is -2.40. The second kappa shape index (κ2) is 9.77. The third kappa shape index (κ3) is 5.11. The predicted molar refractivity (Wildman–Crippen MR) is 153 cm³/mol. The van der Waals surface area contributed by atoms with Crippen molar-refractivity contribution in [2.24, 2.45) is 5.41 Å². The number of methoxy groups -OCH3 is 1. The molecule has 6 rings (SSSR count). The van der Waals surface area contributed by atoms with Crippen molar-refractivity contribution < 1.29 is 18.3 Å². The minimum absolute atomic E-state index is 0.156. The topological polar surface area (TPSA) is 70.6 Å². The van der Waals surface area contributed by atoms with Crippen LogP contribution in [0.3, 0.4) is 0 Å². The zero-order valence-corrected chi connectivity index (χ0v) is 23.4. The van der Waals surface area contributed by atoms with Crippen LogP contribution < -0.4 is 19.9 Å². The summed E-state index contributed by atoms with van der Waals surface area (Å²) in [5.74, 6) is -1.68. The van der Waals surface area contributed by atoms with E-state index < -0.39 is 5.92 Å². The molecule has 3 aromatic rings. The molecule has 200 valence electrons. The molecular weight excluding hydrogens is 603 g/mol. The number of nitrogens with zero attached hydrogens (tertiary/aromatic N) is 4. The van der Waals surface area contributed by atoms with Crippen LogP contribution >= 0.6 is 22.6 Å². The molecule has 0 atom stereocenters. The highest BCUT2D eigenvalue weighted by atomic mass is 127. The molecule has 0 unspecified atom stereocenters. The van der Waals surface area contributed by atoms with Gasteiger partial charge >= 0.3 is 0 Å². The van der Waals surface area contributed by atoms with Gasteiger partial charge in [0.05, 0.1) is 18.4 Å². The zero-order valence-electron chi connectivity index (χ0n) is 21.3. The Morgan fingerprint density at radius 1 is 0.947 bits per heavy atom. The number of amides is 1. The number of alkyl halides is 2. The van der Waals surface area contributed by atoms with Crippen molar-refractivity contribution in [3.05, 3.63) is 45.5 Å². The molecule has 1 amide bonds. The third-order valence-corrected chi connectivity index (χ3v) is 8.87. The first-order valence-corrected chi connectivity index (χ1v) is 14.2. The summed E-state index contributed by atoms with van der Waals surface area (Å²) in [4.78, 5) is 27.0. The van der Waals surface area contributed by atoms with Crippen LogP contribution in [-0.4, -0.2) is 55.1 Å². The molecule has 10 heteroatoms. The number of pyridine rings is 2. The van der Waals surface area contributed by atoms with Crippen molar-refractivity contribution in [2.75, 3.05) is 48.4 Å². The van der Waals surface area contributed by atoms with Crippen LogP contribution in [-0.2, 0) is 0 Å². The first kappa shape index (κ1) is 25.5. The van der Waals surface area contributed by atoms with Gasteiger partial charge in [-0.05, 0) is 84.0 Å². The van der Waals surface area contributed by atoms with Crippen LogP contribution in [0.15, 0.2) is 36.4 Å². The fourth-order valence-corrected chi connectivity index (χ4v) is 6.05.